The van der Waals surface area contributed by atoms with E-state index in [4.69, 9.17) is 15.9 Å². The molecule has 0 fully saturated rings. The lowest BCUT2D eigenvalue weighted by atomic mass is 10.2. The van der Waals surface area contributed by atoms with Crippen LogP contribution >= 0.6 is 0 Å². The molecular formula is C15H14N4O. The SMILES string of the molecule is N=C(N)c1ccc(OCc2cn3ccccc3n2)cc1. The van der Waals surface area contributed by atoms with Gasteiger partial charge in [0.05, 0.1) is 5.69 Å². The maximum atomic E-state index is 7.33. The summed E-state index contributed by atoms with van der Waals surface area (Å²) in [5, 5.41) is 7.33. The standard InChI is InChI=1S/C15H14N4O/c16-15(17)11-4-6-13(7-5-11)20-10-12-9-19-8-2-1-3-14(19)18-12/h1-9H,10H2,(H3,16,17). The fourth-order valence-corrected chi connectivity index (χ4v) is 1.94. The third-order valence-corrected chi connectivity index (χ3v) is 2.97. The molecular weight excluding hydrogens is 252 g/mol. The number of aromatic nitrogens is 2. The number of hydrogen-bond donors (Lipinski definition) is 2. The lowest BCUT2D eigenvalue weighted by Gasteiger charge is -2.04. The second-order valence-electron chi connectivity index (χ2n) is 4.43. The number of nitrogen functional groups attached to an aromatic ring is 1. The van der Waals surface area contributed by atoms with Crippen molar-refractivity contribution in [2.75, 3.05) is 0 Å². The number of pyridine rings is 1. The fraction of sp³-hybridized carbons (Fsp3) is 0.0667. The highest BCUT2D eigenvalue weighted by Crippen LogP contribution is 2.14. The molecule has 0 aliphatic heterocycles. The maximum Gasteiger partial charge on any atom is 0.137 e. The van der Waals surface area contributed by atoms with E-state index in [1.165, 1.54) is 0 Å². The van der Waals surface area contributed by atoms with E-state index in [2.05, 4.69) is 4.98 Å². The third kappa shape index (κ3) is 2.47. The highest BCUT2D eigenvalue weighted by atomic mass is 16.5. The molecule has 0 saturated carbocycles. The van der Waals surface area contributed by atoms with Crippen LogP contribution in [0.25, 0.3) is 5.65 Å². The molecule has 5 nitrogen and oxygen atoms in total. The molecule has 0 spiro atoms. The largest absolute Gasteiger partial charge is 0.487 e. The van der Waals surface area contributed by atoms with Crippen molar-refractivity contribution in [1.29, 1.82) is 5.41 Å². The van der Waals surface area contributed by atoms with Gasteiger partial charge in [0, 0.05) is 18.0 Å². The molecule has 5 heteroatoms. The first-order valence-electron chi connectivity index (χ1n) is 6.22. The molecule has 0 radical (unpaired) electrons. The maximum absolute atomic E-state index is 7.33. The van der Waals surface area contributed by atoms with Gasteiger partial charge in [-0.3, -0.25) is 5.41 Å². The molecule has 20 heavy (non-hydrogen) atoms. The first kappa shape index (κ1) is 12.2. The first-order chi connectivity index (χ1) is 9.72. The summed E-state index contributed by atoms with van der Waals surface area (Å²) >= 11 is 0. The van der Waals surface area contributed by atoms with Crippen molar-refractivity contribution in [3.05, 3.63) is 66.1 Å². The molecule has 2 heterocycles. The summed E-state index contributed by atoms with van der Waals surface area (Å²) in [6.07, 6.45) is 3.90. The van der Waals surface area contributed by atoms with E-state index >= 15 is 0 Å². The zero-order valence-corrected chi connectivity index (χ0v) is 10.8. The van der Waals surface area contributed by atoms with Crippen molar-refractivity contribution >= 4 is 11.5 Å². The minimum absolute atomic E-state index is 0.0527. The van der Waals surface area contributed by atoms with Gasteiger partial charge in [-0.25, -0.2) is 4.98 Å². The Bertz CT molecular complexity index is 713. The number of amidine groups is 1. The summed E-state index contributed by atoms with van der Waals surface area (Å²) in [5.41, 5.74) is 7.86. The quantitative estimate of drug-likeness (QED) is 0.561. The predicted octanol–water partition coefficient (Wildman–Crippen LogP) is 2.20. The second kappa shape index (κ2) is 5.05. The Morgan fingerprint density at radius 2 is 2.00 bits per heavy atom. The number of rotatable bonds is 4. The summed E-state index contributed by atoms with van der Waals surface area (Å²) in [5.74, 6) is 0.781. The molecule has 3 rings (SSSR count). The van der Waals surface area contributed by atoms with Crippen LogP contribution in [0.4, 0.5) is 0 Å². The smallest absolute Gasteiger partial charge is 0.137 e. The van der Waals surface area contributed by atoms with E-state index in [0.29, 0.717) is 12.2 Å². The van der Waals surface area contributed by atoms with E-state index in [9.17, 15) is 0 Å². The van der Waals surface area contributed by atoms with Crippen LogP contribution in [0, 0.1) is 5.41 Å². The number of ether oxygens (including phenoxy) is 1. The van der Waals surface area contributed by atoms with Crippen molar-refractivity contribution in [1.82, 2.24) is 9.38 Å². The summed E-state index contributed by atoms with van der Waals surface area (Å²) in [6.45, 7) is 0.404. The number of hydrogen-bond acceptors (Lipinski definition) is 3. The molecule has 0 aliphatic rings. The molecule has 2 aromatic heterocycles. The molecule has 0 amide bonds. The Hall–Kier alpha value is -2.82. The van der Waals surface area contributed by atoms with Crippen molar-refractivity contribution in [3.8, 4) is 5.75 Å². The number of fused-ring (bicyclic) bond motifs is 1. The van der Waals surface area contributed by atoms with Crippen LogP contribution in [0.5, 0.6) is 5.75 Å². The monoisotopic (exact) mass is 266 g/mol. The Morgan fingerprint density at radius 1 is 1.20 bits per heavy atom. The van der Waals surface area contributed by atoms with Crippen LogP contribution in [-0.4, -0.2) is 15.2 Å². The second-order valence-corrected chi connectivity index (χ2v) is 4.43. The van der Waals surface area contributed by atoms with Crippen LogP contribution in [0.1, 0.15) is 11.3 Å². The van der Waals surface area contributed by atoms with Gasteiger partial charge in [-0.15, -0.1) is 0 Å². The van der Waals surface area contributed by atoms with Gasteiger partial charge in [0.1, 0.15) is 23.8 Å². The zero-order chi connectivity index (χ0) is 13.9. The summed E-state index contributed by atoms with van der Waals surface area (Å²) in [4.78, 5) is 4.46. The average Bonchev–Trinajstić information content (AvgIpc) is 2.88. The minimum Gasteiger partial charge on any atom is -0.487 e. The number of benzene rings is 1. The van der Waals surface area contributed by atoms with E-state index in [0.717, 1.165) is 17.1 Å². The number of nitrogens with two attached hydrogens (primary N) is 1. The van der Waals surface area contributed by atoms with Crippen LogP contribution in [0.15, 0.2) is 54.9 Å². The summed E-state index contributed by atoms with van der Waals surface area (Å²) < 4.78 is 7.63. The fourth-order valence-electron chi connectivity index (χ4n) is 1.94. The zero-order valence-electron chi connectivity index (χ0n) is 10.8. The van der Waals surface area contributed by atoms with Crippen molar-refractivity contribution < 1.29 is 4.74 Å². The molecule has 0 atom stereocenters. The van der Waals surface area contributed by atoms with Gasteiger partial charge in [0.15, 0.2) is 0 Å². The van der Waals surface area contributed by atoms with E-state index in [-0.39, 0.29) is 5.84 Å². The molecule has 0 saturated heterocycles. The van der Waals surface area contributed by atoms with E-state index in [1.54, 1.807) is 24.3 Å². The topological polar surface area (TPSA) is 76.4 Å². The predicted molar refractivity (Wildman–Crippen MR) is 77.0 cm³/mol. The first-order valence-corrected chi connectivity index (χ1v) is 6.22. The Balaban J connectivity index is 1.71. The summed E-state index contributed by atoms with van der Waals surface area (Å²) in [7, 11) is 0. The van der Waals surface area contributed by atoms with E-state index in [1.807, 2.05) is 35.0 Å². The number of nitrogens with one attached hydrogen (secondary N) is 1. The van der Waals surface area contributed by atoms with Crippen LogP contribution in [-0.2, 0) is 6.61 Å². The molecule has 0 aliphatic carbocycles. The lowest BCUT2D eigenvalue weighted by molar-refractivity contribution is 0.302. The molecule has 1 aromatic carbocycles. The molecule has 3 aromatic rings. The highest BCUT2D eigenvalue weighted by molar-refractivity contribution is 5.94. The van der Waals surface area contributed by atoms with Crippen molar-refractivity contribution in [2.24, 2.45) is 5.73 Å². The normalized spacial score (nSPS) is 10.6. The van der Waals surface area contributed by atoms with Gasteiger partial charge in [0.2, 0.25) is 0 Å². The van der Waals surface area contributed by atoms with Crippen molar-refractivity contribution in [2.45, 2.75) is 6.61 Å². The van der Waals surface area contributed by atoms with Gasteiger partial charge >= 0.3 is 0 Å². The van der Waals surface area contributed by atoms with Crippen LogP contribution in [0.2, 0.25) is 0 Å². The van der Waals surface area contributed by atoms with Gasteiger partial charge in [0.25, 0.3) is 0 Å². The number of imidazole rings is 1. The third-order valence-electron chi connectivity index (χ3n) is 2.97. The molecule has 3 N–H and O–H groups in total. The van der Waals surface area contributed by atoms with Gasteiger partial charge in [-0.2, -0.15) is 0 Å². The Morgan fingerprint density at radius 3 is 2.70 bits per heavy atom. The lowest BCUT2D eigenvalue weighted by Crippen LogP contribution is -2.10. The number of nitrogens with zero attached hydrogens (tertiary/aromatic N) is 2. The van der Waals surface area contributed by atoms with Gasteiger partial charge in [-0.05, 0) is 36.4 Å². The van der Waals surface area contributed by atoms with Crippen LogP contribution in [0.3, 0.4) is 0 Å². The van der Waals surface area contributed by atoms with Crippen molar-refractivity contribution in [3.63, 3.8) is 0 Å². The average molecular weight is 266 g/mol. The van der Waals surface area contributed by atoms with Gasteiger partial charge < -0.3 is 14.9 Å². The van der Waals surface area contributed by atoms with Gasteiger partial charge in [-0.1, -0.05) is 6.07 Å². The van der Waals surface area contributed by atoms with E-state index < -0.39 is 0 Å². The van der Waals surface area contributed by atoms with Crippen LogP contribution < -0.4 is 10.5 Å². The Labute approximate surface area is 116 Å². The molecule has 100 valence electrons. The molecule has 0 bridgehead atoms. The molecule has 0 unspecified atom stereocenters. The highest BCUT2D eigenvalue weighted by Gasteiger charge is 2.02. The minimum atomic E-state index is 0.0527. The Kier molecular flexibility index (Phi) is 3.09. The summed E-state index contributed by atoms with van der Waals surface area (Å²) in [6, 6.07) is 13.0.